The summed E-state index contributed by atoms with van der Waals surface area (Å²) in [5, 5.41) is 3.54. The van der Waals surface area contributed by atoms with Gasteiger partial charge in [-0.25, -0.2) is 10.2 Å². The summed E-state index contributed by atoms with van der Waals surface area (Å²) in [5.74, 6) is 0. The van der Waals surface area contributed by atoms with E-state index in [1.54, 1.807) is 0 Å². The Bertz CT molecular complexity index is 454. The predicted octanol–water partition coefficient (Wildman–Crippen LogP) is 2.10. The van der Waals surface area contributed by atoms with E-state index < -0.39 is 17.8 Å². The lowest BCUT2D eigenvalue weighted by Crippen LogP contribution is -2.25. The molecule has 0 heterocycles. The number of carbonyl (C=O) groups is 1. The van der Waals surface area contributed by atoms with Gasteiger partial charge in [0.2, 0.25) is 0 Å². The molecule has 0 aliphatic carbocycles. The van der Waals surface area contributed by atoms with Gasteiger partial charge in [-0.3, -0.25) is 0 Å². The topological polar surface area (TPSA) is 67.5 Å². The molecule has 0 saturated carbocycles. The number of nitrogens with zero attached hydrogens (tertiary/aromatic N) is 1. The maximum Gasteiger partial charge on any atom is 0.416 e. The van der Waals surface area contributed by atoms with Gasteiger partial charge < -0.3 is 5.73 Å². The first kappa shape index (κ1) is 13.0. The van der Waals surface area contributed by atoms with Crippen LogP contribution < -0.4 is 11.2 Å². The number of rotatable bonds is 2. The molecule has 0 saturated heterocycles. The van der Waals surface area contributed by atoms with Gasteiger partial charge in [-0.05, 0) is 24.6 Å². The van der Waals surface area contributed by atoms with Gasteiger partial charge in [0.1, 0.15) is 0 Å². The summed E-state index contributed by atoms with van der Waals surface area (Å²) in [5.41, 5.74) is 6.44. The zero-order valence-corrected chi connectivity index (χ0v) is 8.88. The van der Waals surface area contributed by atoms with Crippen LogP contribution in [0.25, 0.3) is 0 Å². The number of alkyl halides is 3. The molecule has 17 heavy (non-hydrogen) atoms. The van der Waals surface area contributed by atoms with Crippen molar-refractivity contribution in [1.29, 1.82) is 0 Å². The molecule has 0 aliphatic rings. The van der Waals surface area contributed by atoms with Gasteiger partial charge in [0.15, 0.2) is 0 Å². The first-order valence-corrected chi connectivity index (χ1v) is 4.58. The van der Waals surface area contributed by atoms with Crippen LogP contribution in [0.4, 0.5) is 18.0 Å². The van der Waals surface area contributed by atoms with Gasteiger partial charge in [-0.1, -0.05) is 12.1 Å². The summed E-state index contributed by atoms with van der Waals surface area (Å²) in [6.07, 6.45) is -4.41. The van der Waals surface area contributed by atoms with E-state index in [0.29, 0.717) is 0 Å². The molecular weight excluding hydrogens is 235 g/mol. The van der Waals surface area contributed by atoms with E-state index in [4.69, 9.17) is 5.73 Å². The molecule has 7 heteroatoms. The second-order valence-electron chi connectivity index (χ2n) is 3.25. The average Bonchev–Trinajstić information content (AvgIpc) is 2.25. The molecular formula is C10H10F3N3O. The van der Waals surface area contributed by atoms with E-state index >= 15 is 0 Å². The molecule has 0 radical (unpaired) electrons. The molecule has 0 fully saturated rings. The molecule has 0 aromatic heterocycles. The second-order valence-corrected chi connectivity index (χ2v) is 3.25. The largest absolute Gasteiger partial charge is 0.416 e. The Kier molecular flexibility index (Phi) is 3.72. The number of amides is 2. The summed E-state index contributed by atoms with van der Waals surface area (Å²) < 4.78 is 37.2. The molecule has 1 rings (SSSR count). The molecule has 4 nitrogen and oxygen atoms in total. The van der Waals surface area contributed by atoms with Crippen LogP contribution in [0.2, 0.25) is 0 Å². The quantitative estimate of drug-likeness (QED) is 0.608. The standard InChI is InChI=1S/C10H10F3N3O/c1-6(15-16-9(14)17)7-3-2-4-8(5-7)10(11,12)13/h2-5H,1H3,(H3,14,16,17)/b15-6-. The number of hydrazone groups is 1. The summed E-state index contributed by atoms with van der Waals surface area (Å²) in [4.78, 5) is 10.4. The van der Waals surface area contributed by atoms with Gasteiger partial charge in [-0.15, -0.1) is 0 Å². The van der Waals surface area contributed by atoms with Crippen LogP contribution in [-0.4, -0.2) is 11.7 Å². The number of hydrogen-bond donors (Lipinski definition) is 2. The lowest BCUT2D eigenvalue weighted by molar-refractivity contribution is -0.137. The zero-order chi connectivity index (χ0) is 13.1. The zero-order valence-electron chi connectivity index (χ0n) is 8.88. The van der Waals surface area contributed by atoms with E-state index in [2.05, 4.69) is 5.10 Å². The third kappa shape index (κ3) is 3.78. The molecule has 0 bridgehead atoms. The van der Waals surface area contributed by atoms with Crippen LogP contribution in [0, 0.1) is 0 Å². The Morgan fingerprint density at radius 3 is 2.59 bits per heavy atom. The van der Waals surface area contributed by atoms with Crippen molar-refractivity contribution in [1.82, 2.24) is 5.43 Å². The fourth-order valence-electron chi connectivity index (χ4n) is 1.12. The number of nitrogens with one attached hydrogen (secondary N) is 1. The van der Waals surface area contributed by atoms with Crippen LogP contribution >= 0.6 is 0 Å². The molecule has 92 valence electrons. The van der Waals surface area contributed by atoms with Gasteiger partial charge >= 0.3 is 12.2 Å². The minimum absolute atomic E-state index is 0.231. The normalized spacial score (nSPS) is 12.4. The third-order valence-electron chi connectivity index (χ3n) is 1.94. The maximum absolute atomic E-state index is 12.4. The molecule has 0 atom stereocenters. The van der Waals surface area contributed by atoms with Crippen LogP contribution in [0.1, 0.15) is 18.1 Å². The highest BCUT2D eigenvalue weighted by Crippen LogP contribution is 2.29. The fourth-order valence-corrected chi connectivity index (χ4v) is 1.12. The summed E-state index contributed by atoms with van der Waals surface area (Å²) in [7, 11) is 0. The lowest BCUT2D eigenvalue weighted by Gasteiger charge is -2.08. The third-order valence-corrected chi connectivity index (χ3v) is 1.94. The lowest BCUT2D eigenvalue weighted by atomic mass is 10.1. The number of urea groups is 1. The highest BCUT2D eigenvalue weighted by molar-refractivity contribution is 5.99. The first-order chi connectivity index (χ1) is 7.80. The minimum atomic E-state index is -4.41. The van der Waals surface area contributed by atoms with E-state index in [0.717, 1.165) is 12.1 Å². The van der Waals surface area contributed by atoms with Crippen molar-refractivity contribution in [2.45, 2.75) is 13.1 Å². The Hall–Kier alpha value is -2.05. The van der Waals surface area contributed by atoms with E-state index in [-0.39, 0.29) is 11.3 Å². The molecule has 0 unspecified atom stereocenters. The van der Waals surface area contributed by atoms with Gasteiger partial charge in [0.05, 0.1) is 11.3 Å². The molecule has 1 aromatic rings. The van der Waals surface area contributed by atoms with E-state index in [1.807, 2.05) is 5.43 Å². The number of primary amides is 1. The number of halogens is 3. The van der Waals surface area contributed by atoms with Crippen molar-refractivity contribution >= 4 is 11.7 Å². The van der Waals surface area contributed by atoms with Gasteiger partial charge in [0.25, 0.3) is 0 Å². The van der Waals surface area contributed by atoms with Crippen molar-refractivity contribution in [3.05, 3.63) is 35.4 Å². The number of hydrogen-bond acceptors (Lipinski definition) is 2. The first-order valence-electron chi connectivity index (χ1n) is 4.58. The van der Waals surface area contributed by atoms with E-state index in [1.165, 1.54) is 19.1 Å². The van der Waals surface area contributed by atoms with Crippen molar-refractivity contribution in [2.24, 2.45) is 10.8 Å². The fraction of sp³-hybridized carbons (Fsp3) is 0.200. The maximum atomic E-state index is 12.4. The monoisotopic (exact) mass is 245 g/mol. The number of carbonyl (C=O) groups excluding carboxylic acids is 1. The average molecular weight is 245 g/mol. The predicted molar refractivity (Wildman–Crippen MR) is 56.4 cm³/mol. The van der Waals surface area contributed by atoms with Crippen LogP contribution in [0.15, 0.2) is 29.4 Å². The Balaban J connectivity index is 3.00. The molecule has 0 spiro atoms. The van der Waals surface area contributed by atoms with Crippen LogP contribution in [0.5, 0.6) is 0 Å². The Labute approximate surface area is 95.3 Å². The van der Waals surface area contributed by atoms with Crippen molar-refractivity contribution in [2.75, 3.05) is 0 Å². The summed E-state index contributed by atoms with van der Waals surface area (Å²) in [6.45, 7) is 1.46. The smallest absolute Gasteiger partial charge is 0.350 e. The minimum Gasteiger partial charge on any atom is -0.350 e. The van der Waals surface area contributed by atoms with Crippen LogP contribution in [0.3, 0.4) is 0 Å². The van der Waals surface area contributed by atoms with Crippen LogP contribution in [-0.2, 0) is 6.18 Å². The Morgan fingerprint density at radius 1 is 1.41 bits per heavy atom. The second kappa shape index (κ2) is 4.86. The number of benzene rings is 1. The SMILES string of the molecule is C/C(=N/NC(N)=O)c1cccc(C(F)(F)F)c1. The highest BCUT2D eigenvalue weighted by atomic mass is 19.4. The van der Waals surface area contributed by atoms with Gasteiger partial charge in [0, 0.05) is 0 Å². The Morgan fingerprint density at radius 2 is 2.06 bits per heavy atom. The molecule has 2 amide bonds. The molecule has 0 aliphatic heterocycles. The van der Waals surface area contributed by atoms with Gasteiger partial charge in [-0.2, -0.15) is 18.3 Å². The molecule has 1 aromatic carbocycles. The van der Waals surface area contributed by atoms with Crippen molar-refractivity contribution in [3.63, 3.8) is 0 Å². The molecule has 3 N–H and O–H groups in total. The highest BCUT2D eigenvalue weighted by Gasteiger charge is 2.30. The number of nitrogens with two attached hydrogens (primary N) is 1. The van der Waals surface area contributed by atoms with E-state index in [9.17, 15) is 18.0 Å². The van der Waals surface area contributed by atoms with Crippen molar-refractivity contribution in [3.8, 4) is 0 Å². The van der Waals surface area contributed by atoms with Crippen molar-refractivity contribution < 1.29 is 18.0 Å². The summed E-state index contributed by atoms with van der Waals surface area (Å²) in [6, 6.07) is 3.74. The summed E-state index contributed by atoms with van der Waals surface area (Å²) >= 11 is 0.